The number of nitrogens with zero attached hydrogens (tertiary/aromatic N) is 1. The van der Waals surface area contributed by atoms with Gasteiger partial charge in [0.05, 0.1) is 18.5 Å². The van der Waals surface area contributed by atoms with Crippen molar-refractivity contribution in [1.29, 1.82) is 0 Å². The molecule has 5 nitrogen and oxygen atoms in total. The van der Waals surface area contributed by atoms with Crippen molar-refractivity contribution in [3.05, 3.63) is 65.2 Å². The van der Waals surface area contributed by atoms with E-state index in [1.165, 1.54) is 10.6 Å². The lowest BCUT2D eigenvalue weighted by molar-refractivity contribution is 0.0952. The number of amides is 1. The van der Waals surface area contributed by atoms with Crippen molar-refractivity contribution >= 4 is 21.6 Å². The maximum Gasteiger partial charge on any atom is 0.251 e. The van der Waals surface area contributed by atoms with E-state index in [0.29, 0.717) is 23.7 Å². The molecule has 0 aromatic heterocycles. The fourth-order valence-corrected chi connectivity index (χ4v) is 3.57. The van der Waals surface area contributed by atoms with Gasteiger partial charge in [0, 0.05) is 12.1 Å². The average molecular weight is 389 g/mol. The third-order valence-electron chi connectivity index (χ3n) is 4.24. The first-order valence-corrected chi connectivity index (χ1v) is 10.9. The number of rotatable bonds is 8. The van der Waals surface area contributed by atoms with Crippen LogP contribution < -0.4 is 9.62 Å². The predicted octanol–water partition coefficient (Wildman–Crippen LogP) is 3.74. The van der Waals surface area contributed by atoms with Crippen LogP contribution in [-0.4, -0.2) is 27.1 Å². The highest BCUT2D eigenvalue weighted by molar-refractivity contribution is 7.92. The van der Waals surface area contributed by atoms with Crippen molar-refractivity contribution in [3.8, 4) is 0 Å². The first-order valence-electron chi connectivity index (χ1n) is 9.08. The van der Waals surface area contributed by atoms with Crippen LogP contribution in [0.2, 0.25) is 0 Å². The summed E-state index contributed by atoms with van der Waals surface area (Å²) in [5.74, 6) is 0.428. The number of hydrogen-bond donors (Lipinski definition) is 1. The third-order valence-corrected chi connectivity index (χ3v) is 5.38. The zero-order valence-electron chi connectivity index (χ0n) is 16.4. The number of nitrogens with one attached hydrogen (secondary N) is 1. The Labute approximate surface area is 162 Å². The zero-order valence-corrected chi connectivity index (χ0v) is 17.2. The Hall–Kier alpha value is -2.34. The summed E-state index contributed by atoms with van der Waals surface area (Å²) in [5, 5.41) is 2.90. The van der Waals surface area contributed by atoms with E-state index in [1.807, 2.05) is 25.1 Å². The van der Waals surface area contributed by atoms with E-state index < -0.39 is 10.0 Å². The minimum Gasteiger partial charge on any atom is -0.352 e. The Kier molecular flexibility index (Phi) is 7.02. The zero-order chi connectivity index (χ0) is 20.0. The lowest BCUT2D eigenvalue weighted by atomic mass is 10.1. The van der Waals surface area contributed by atoms with Gasteiger partial charge in [-0.25, -0.2) is 8.42 Å². The molecule has 1 amide bonds. The molecule has 0 aliphatic rings. The van der Waals surface area contributed by atoms with Crippen molar-refractivity contribution in [2.75, 3.05) is 17.1 Å². The summed E-state index contributed by atoms with van der Waals surface area (Å²) in [4.78, 5) is 12.2. The van der Waals surface area contributed by atoms with Crippen LogP contribution in [-0.2, 0) is 16.6 Å². The Bertz CT molecular complexity index is 875. The molecule has 0 aliphatic heterocycles. The van der Waals surface area contributed by atoms with Gasteiger partial charge in [-0.15, -0.1) is 0 Å². The van der Waals surface area contributed by atoms with Gasteiger partial charge in [0.25, 0.3) is 5.91 Å². The average Bonchev–Trinajstić information content (AvgIpc) is 2.58. The summed E-state index contributed by atoms with van der Waals surface area (Å²) < 4.78 is 25.9. The van der Waals surface area contributed by atoms with E-state index in [0.717, 1.165) is 17.5 Å². The second-order valence-corrected chi connectivity index (χ2v) is 9.15. The molecule has 0 atom stereocenters. The van der Waals surface area contributed by atoms with Crippen LogP contribution in [0.15, 0.2) is 48.5 Å². The molecule has 0 bridgehead atoms. The van der Waals surface area contributed by atoms with Crippen LogP contribution in [0.25, 0.3) is 0 Å². The van der Waals surface area contributed by atoms with Gasteiger partial charge in [-0.05, 0) is 54.7 Å². The van der Waals surface area contributed by atoms with Crippen LogP contribution in [0.3, 0.4) is 0 Å². The number of carbonyl (C=O) groups excluding carboxylic acids is 1. The van der Waals surface area contributed by atoms with Gasteiger partial charge in [-0.3, -0.25) is 9.10 Å². The largest absolute Gasteiger partial charge is 0.352 e. The van der Waals surface area contributed by atoms with Gasteiger partial charge >= 0.3 is 0 Å². The maximum atomic E-state index is 12.3. The van der Waals surface area contributed by atoms with Crippen molar-refractivity contribution in [1.82, 2.24) is 5.32 Å². The molecule has 1 N–H and O–H groups in total. The smallest absolute Gasteiger partial charge is 0.251 e. The molecule has 2 aromatic rings. The van der Waals surface area contributed by atoms with E-state index in [9.17, 15) is 13.2 Å². The van der Waals surface area contributed by atoms with Crippen molar-refractivity contribution in [3.63, 3.8) is 0 Å². The van der Waals surface area contributed by atoms with Crippen LogP contribution >= 0.6 is 0 Å². The molecule has 0 radical (unpaired) electrons. The number of benzene rings is 2. The first kappa shape index (κ1) is 21.0. The van der Waals surface area contributed by atoms with Crippen molar-refractivity contribution in [2.45, 2.75) is 33.7 Å². The quantitative estimate of drug-likeness (QED) is 0.749. The van der Waals surface area contributed by atoms with Crippen molar-refractivity contribution < 1.29 is 13.2 Å². The van der Waals surface area contributed by atoms with Gasteiger partial charge in [-0.2, -0.15) is 0 Å². The highest BCUT2D eigenvalue weighted by Crippen LogP contribution is 2.22. The molecule has 0 saturated carbocycles. The Morgan fingerprint density at radius 2 is 1.78 bits per heavy atom. The molecule has 0 spiro atoms. The van der Waals surface area contributed by atoms with Crippen LogP contribution in [0, 0.1) is 12.8 Å². The van der Waals surface area contributed by atoms with Gasteiger partial charge in [0.15, 0.2) is 0 Å². The van der Waals surface area contributed by atoms with Gasteiger partial charge < -0.3 is 5.32 Å². The fourth-order valence-electron chi connectivity index (χ4n) is 2.69. The van der Waals surface area contributed by atoms with E-state index >= 15 is 0 Å². The molecule has 0 aliphatic carbocycles. The molecule has 2 rings (SSSR count). The highest BCUT2D eigenvalue weighted by Gasteiger charge is 2.18. The summed E-state index contributed by atoms with van der Waals surface area (Å²) in [6.45, 7) is 7.02. The monoisotopic (exact) mass is 388 g/mol. The molecule has 27 heavy (non-hydrogen) atoms. The molecular formula is C21H28N2O3S. The van der Waals surface area contributed by atoms with Crippen molar-refractivity contribution in [2.24, 2.45) is 5.92 Å². The summed E-state index contributed by atoms with van der Waals surface area (Å²) in [6, 6.07) is 14.5. The summed E-state index contributed by atoms with van der Waals surface area (Å²) in [5.41, 5.74) is 3.02. The normalized spacial score (nSPS) is 11.4. The van der Waals surface area contributed by atoms with E-state index in [2.05, 4.69) is 19.2 Å². The molecule has 6 heteroatoms. The van der Waals surface area contributed by atoms with E-state index in [4.69, 9.17) is 0 Å². The van der Waals surface area contributed by atoms with Crippen LogP contribution in [0.5, 0.6) is 0 Å². The van der Waals surface area contributed by atoms with Gasteiger partial charge in [0.2, 0.25) is 10.0 Å². The highest BCUT2D eigenvalue weighted by atomic mass is 32.2. The molecule has 0 saturated heterocycles. The van der Waals surface area contributed by atoms with Gasteiger partial charge in [-0.1, -0.05) is 38.1 Å². The number of aryl methyl sites for hydroxylation is 1. The number of hydrogen-bond acceptors (Lipinski definition) is 3. The Morgan fingerprint density at radius 1 is 1.11 bits per heavy atom. The SMILES string of the molecule is Cc1cccc(N(Cc2ccc(C(=O)NCCC(C)C)cc2)S(C)(=O)=O)c1. The molecule has 0 unspecified atom stereocenters. The minimum absolute atomic E-state index is 0.110. The summed E-state index contributed by atoms with van der Waals surface area (Å²) in [7, 11) is -3.43. The number of sulfonamides is 1. The van der Waals surface area contributed by atoms with Gasteiger partial charge in [0.1, 0.15) is 0 Å². The van der Waals surface area contributed by atoms with E-state index in [1.54, 1.807) is 30.3 Å². The Morgan fingerprint density at radius 3 is 2.33 bits per heavy atom. The maximum absolute atomic E-state index is 12.3. The summed E-state index contributed by atoms with van der Waals surface area (Å²) >= 11 is 0. The van der Waals surface area contributed by atoms with Crippen LogP contribution in [0.4, 0.5) is 5.69 Å². The number of anilines is 1. The second kappa shape index (κ2) is 9.04. The number of carbonyl (C=O) groups is 1. The lowest BCUT2D eigenvalue weighted by Crippen LogP contribution is -2.29. The molecule has 0 fully saturated rings. The molecule has 2 aromatic carbocycles. The summed E-state index contributed by atoms with van der Waals surface area (Å²) in [6.07, 6.45) is 2.13. The Balaban J connectivity index is 2.12. The second-order valence-electron chi connectivity index (χ2n) is 7.24. The van der Waals surface area contributed by atoms with E-state index in [-0.39, 0.29) is 12.5 Å². The third kappa shape index (κ3) is 6.40. The fraction of sp³-hybridized carbons (Fsp3) is 0.381. The standard InChI is InChI=1S/C21H28N2O3S/c1-16(2)12-13-22-21(24)19-10-8-18(9-11-19)15-23(27(4,25)26)20-7-5-6-17(3)14-20/h5-11,14,16H,12-13,15H2,1-4H3,(H,22,24). The lowest BCUT2D eigenvalue weighted by Gasteiger charge is -2.23. The molecule has 146 valence electrons. The minimum atomic E-state index is -3.43. The van der Waals surface area contributed by atoms with Crippen LogP contribution in [0.1, 0.15) is 41.8 Å². The predicted molar refractivity (Wildman–Crippen MR) is 110 cm³/mol. The molecular weight excluding hydrogens is 360 g/mol. The molecule has 0 heterocycles. The topological polar surface area (TPSA) is 66.5 Å². The first-order chi connectivity index (χ1) is 12.7.